The van der Waals surface area contributed by atoms with Crippen LogP contribution in [0.4, 0.5) is 0 Å². The summed E-state index contributed by atoms with van der Waals surface area (Å²) in [5.41, 5.74) is 3.99. The highest BCUT2D eigenvalue weighted by atomic mass is 16.5. The van der Waals surface area contributed by atoms with E-state index < -0.39 is 0 Å². The Morgan fingerprint density at radius 3 is 2.84 bits per heavy atom. The van der Waals surface area contributed by atoms with Gasteiger partial charge in [-0.15, -0.1) is 0 Å². The van der Waals surface area contributed by atoms with E-state index in [9.17, 15) is 5.11 Å². The van der Waals surface area contributed by atoms with Gasteiger partial charge in [0.05, 0.1) is 12.9 Å². The minimum atomic E-state index is 0.400. The molecule has 0 spiro atoms. The molecule has 0 aromatic rings. The molecule has 6 bridgehead atoms. The van der Waals surface area contributed by atoms with Gasteiger partial charge in [-0.2, -0.15) is 0 Å². The van der Waals surface area contributed by atoms with Gasteiger partial charge >= 0.3 is 0 Å². The predicted octanol–water partition coefficient (Wildman–Crippen LogP) is 4.94. The number of hydrogen-bond acceptors (Lipinski definition) is 2. The van der Waals surface area contributed by atoms with E-state index in [1.807, 2.05) is 12.7 Å². The fourth-order valence-corrected chi connectivity index (χ4v) is 8.59. The highest BCUT2D eigenvalue weighted by Gasteiger charge is 2.63. The van der Waals surface area contributed by atoms with Gasteiger partial charge in [0, 0.05) is 12.5 Å². The Balaban J connectivity index is 1.67. The van der Waals surface area contributed by atoms with Crippen molar-refractivity contribution >= 4 is 0 Å². The molecule has 0 aromatic carbocycles. The molecule has 6 rings (SSSR count). The molecule has 0 saturated heterocycles. The van der Waals surface area contributed by atoms with Gasteiger partial charge in [0.15, 0.2) is 0 Å². The Morgan fingerprint density at radius 1 is 1.28 bits per heavy atom. The van der Waals surface area contributed by atoms with Crippen LogP contribution in [0.5, 0.6) is 0 Å². The van der Waals surface area contributed by atoms with Crippen LogP contribution in [0.15, 0.2) is 23.0 Å². The Labute approximate surface area is 152 Å². The van der Waals surface area contributed by atoms with Gasteiger partial charge < -0.3 is 9.84 Å². The van der Waals surface area contributed by atoms with E-state index in [2.05, 4.69) is 19.9 Å². The Bertz CT molecular complexity index is 632. The molecule has 6 aliphatic rings. The monoisotopic (exact) mass is 342 g/mol. The molecule has 0 heterocycles. The fraction of sp³-hybridized carbons (Fsp3) is 0.826. The van der Waals surface area contributed by atoms with Gasteiger partial charge in [-0.3, -0.25) is 0 Å². The van der Waals surface area contributed by atoms with Crippen molar-refractivity contribution < 1.29 is 9.84 Å². The molecule has 3 fully saturated rings. The molecule has 138 valence electrons. The van der Waals surface area contributed by atoms with Crippen molar-refractivity contribution in [3.05, 3.63) is 23.0 Å². The lowest BCUT2D eigenvalue weighted by Crippen LogP contribution is -2.51. The summed E-state index contributed by atoms with van der Waals surface area (Å²) in [6.07, 6.45) is 11.3. The number of methoxy groups -OCH3 is 1. The Morgan fingerprint density at radius 2 is 2.12 bits per heavy atom. The molecule has 3 saturated carbocycles. The van der Waals surface area contributed by atoms with Crippen LogP contribution in [0.3, 0.4) is 0 Å². The number of aliphatic hydroxyl groups excluding tert-OH is 1. The summed E-state index contributed by atoms with van der Waals surface area (Å²) in [5.74, 6) is 6.43. The lowest BCUT2D eigenvalue weighted by molar-refractivity contribution is -0.0585. The van der Waals surface area contributed by atoms with Gasteiger partial charge in [0.1, 0.15) is 0 Å². The summed E-state index contributed by atoms with van der Waals surface area (Å²) in [5, 5.41) is 10.2. The smallest absolute Gasteiger partial charge is 0.0990 e. The molecule has 3 unspecified atom stereocenters. The molecule has 0 aromatic heterocycles. The zero-order valence-electron chi connectivity index (χ0n) is 16.1. The topological polar surface area (TPSA) is 29.5 Å². The van der Waals surface area contributed by atoms with Crippen molar-refractivity contribution in [1.29, 1.82) is 0 Å². The van der Waals surface area contributed by atoms with Gasteiger partial charge in [0.2, 0.25) is 0 Å². The van der Waals surface area contributed by atoms with Crippen LogP contribution in [0.2, 0.25) is 0 Å². The fourth-order valence-electron chi connectivity index (χ4n) is 8.59. The first-order valence-electron chi connectivity index (χ1n) is 10.7. The second-order valence-corrected chi connectivity index (χ2v) is 9.75. The first-order valence-corrected chi connectivity index (χ1v) is 10.7. The second-order valence-electron chi connectivity index (χ2n) is 9.75. The van der Waals surface area contributed by atoms with Crippen LogP contribution < -0.4 is 0 Å². The molecule has 2 nitrogen and oxygen atoms in total. The van der Waals surface area contributed by atoms with E-state index in [0.717, 1.165) is 36.0 Å². The number of hydrogen-bond donors (Lipinski definition) is 1. The van der Waals surface area contributed by atoms with E-state index in [0.29, 0.717) is 23.9 Å². The van der Waals surface area contributed by atoms with Gasteiger partial charge in [-0.1, -0.05) is 25.0 Å². The third-order valence-electron chi connectivity index (χ3n) is 9.37. The molecule has 25 heavy (non-hydrogen) atoms. The summed E-state index contributed by atoms with van der Waals surface area (Å²) >= 11 is 0. The summed E-state index contributed by atoms with van der Waals surface area (Å²) in [4.78, 5) is 0. The number of ether oxygens (including phenoxy) is 1. The van der Waals surface area contributed by atoms with Crippen LogP contribution in [0.25, 0.3) is 0 Å². The average Bonchev–Trinajstić information content (AvgIpc) is 2.94. The molecular weight excluding hydrogens is 308 g/mol. The van der Waals surface area contributed by atoms with Crippen molar-refractivity contribution in [2.24, 2.45) is 46.8 Å². The van der Waals surface area contributed by atoms with Gasteiger partial charge in [-0.25, -0.2) is 0 Å². The summed E-state index contributed by atoms with van der Waals surface area (Å²) in [7, 11) is 1.87. The molecular formula is C23H34O2. The minimum Gasteiger partial charge on any atom is -0.501 e. The summed E-state index contributed by atoms with van der Waals surface area (Å²) < 4.78 is 5.87. The third-order valence-corrected chi connectivity index (χ3v) is 9.37. The SMILES string of the molecule is CCC12CC[C@@H]3C4=C5C[C@H](C)C3[C@H]1[C@@H](CC5C(OC)=CC4)C[C@H]2CO. The van der Waals surface area contributed by atoms with E-state index in [1.165, 1.54) is 44.3 Å². The maximum absolute atomic E-state index is 10.2. The number of rotatable bonds is 3. The lowest BCUT2D eigenvalue weighted by Gasteiger charge is -2.58. The first-order chi connectivity index (χ1) is 12.1. The van der Waals surface area contributed by atoms with E-state index in [4.69, 9.17) is 4.74 Å². The lowest BCUT2D eigenvalue weighted by atomic mass is 9.46. The zero-order valence-corrected chi connectivity index (χ0v) is 16.1. The Hall–Kier alpha value is -0.760. The quantitative estimate of drug-likeness (QED) is 0.736. The van der Waals surface area contributed by atoms with Crippen LogP contribution in [0, 0.1) is 46.8 Å². The molecule has 8 atom stereocenters. The largest absolute Gasteiger partial charge is 0.501 e. The van der Waals surface area contributed by atoms with Crippen LogP contribution in [0.1, 0.15) is 58.8 Å². The Kier molecular flexibility index (Phi) is 3.69. The average molecular weight is 343 g/mol. The van der Waals surface area contributed by atoms with Crippen molar-refractivity contribution in [2.75, 3.05) is 13.7 Å². The third kappa shape index (κ3) is 1.95. The molecule has 0 aliphatic heterocycles. The van der Waals surface area contributed by atoms with Crippen molar-refractivity contribution in [3.8, 4) is 0 Å². The van der Waals surface area contributed by atoms with Crippen molar-refractivity contribution in [1.82, 2.24) is 0 Å². The normalized spacial score (nSPS) is 50.4. The maximum Gasteiger partial charge on any atom is 0.0990 e. The standard InChI is InChI=1S/C23H34O2/c1-4-23-8-7-17-16-5-6-20(25-3)19-11-14(10-15(23)12-24)22(23)21(17)13(2)9-18(16)19/h6,13-15,17,19,21-22,24H,4-5,7-12H2,1-3H3/t13-,14+,15-,17+,19?,21?,22+,23?/m0/s1. The highest BCUT2D eigenvalue weighted by molar-refractivity contribution is 5.38. The molecule has 0 amide bonds. The van der Waals surface area contributed by atoms with Crippen LogP contribution in [-0.4, -0.2) is 18.8 Å². The minimum absolute atomic E-state index is 0.400. The van der Waals surface area contributed by atoms with E-state index >= 15 is 0 Å². The first kappa shape index (κ1) is 16.4. The molecule has 1 N–H and O–H groups in total. The van der Waals surface area contributed by atoms with Gasteiger partial charge in [-0.05, 0) is 91.9 Å². The van der Waals surface area contributed by atoms with Crippen LogP contribution in [-0.2, 0) is 4.74 Å². The van der Waals surface area contributed by atoms with E-state index in [1.54, 1.807) is 5.57 Å². The highest BCUT2D eigenvalue weighted by Crippen LogP contribution is 2.70. The number of fused-ring (bicyclic) bond motifs is 1. The van der Waals surface area contributed by atoms with Crippen molar-refractivity contribution in [2.45, 2.75) is 58.8 Å². The summed E-state index contributed by atoms with van der Waals surface area (Å²) in [6.45, 7) is 5.34. The predicted molar refractivity (Wildman–Crippen MR) is 99.7 cm³/mol. The summed E-state index contributed by atoms with van der Waals surface area (Å²) in [6, 6.07) is 0. The zero-order chi connectivity index (χ0) is 17.3. The van der Waals surface area contributed by atoms with Crippen LogP contribution >= 0.6 is 0 Å². The van der Waals surface area contributed by atoms with Crippen molar-refractivity contribution in [3.63, 3.8) is 0 Å². The number of aliphatic hydroxyl groups is 1. The number of allylic oxidation sites excluding steroid dienone is 3. The second kappa shape index (κ2) is 5.62. The molecule has 6 aliphatic carbocycles. The molecule has 2 heteroatoms. The van der Waals surface area contributed by atoms with E-state index in [-0.39, 0.29) is 0 Å². The molecule has 0 radical (unpaired) electrons. The maximum atomic E-state index is 10.2. The van der Waals surface area contributed by atoms with Gasteiger partial charge in [0.25, 0.3) is 0 Å².